The average Bonchev–Trinajstić information content (AvgIpc) is 2.30. The molecular formula is C14H9O. The van der Waals surface area contributed by atoms with Crippen molar-refractivity contribution >= 4 is 21.5 Å². The minimum absolute atomic E-state index is 0.347. The molecule has 1 heteroatoms. The predicted octanol–water partition coefficient (Wildman–Crippen LogP) is 3.50. The lowest BCUT2D eigenvalue weighted by Crippen LogP contribution is -1.78. The minimum Gasteiger partial charge on any atom is -0.507 e. The van der Waals surface area contributed by atoms with Gasteiger partial charge in [0.05, 0.1) is 0 Å². The van der Waals surface area contributed by atoms with Crippen LogP contribution in [0.5, 0.6) is 5.75 Å². The van der Waals surface area contributed by atoms with Crippen molar-refractivity contribution < 1.29 is 5.11 Å². The van der Waals surface area contributed by atoms with E-state index in [0.717, 1.165) is 21.5 Å². The second-order valence-electron chi connectivity index (χ2n) is 3.56. The SMILES string of the molecule is Oc1c2ccccc2[c]c2ccccc12. The molecule has 0 saturated heterocycles. The van der Waals surface area contributed by atoms with E-state index < -0.39 is 0 Å². The molecule has 0 fully saturated rings. The molecule has 0 saturated carbocycles. The van der Waals surface area contributed by atoms with Gasteiger partial charge in [-0.05, 0) is 16.8 Å². The van der Waals surface area contributed by atoms with Crippen LogP contribution in [-0.4, -0.2) is 5.11 Å². The maximum absolute atomic E-state index is 10.1. The van der Waals surface area contributed by atoms with Crippen molar-refractivity contribution in [3.05, 3.63) is 54.6 Å². The Morgan fingerprint density at radius 3 is 1.73 bits per heavy atom. The zero-order valence-electron chi connectivity index (χ0n) is 8.07. The Balaban J connectivity index is 2.60. The topological polar surface area (TPSA) is 20.2 Å². The van der Waals surface area contributed by atoms with Crippen LogP contribution in [0.3, 0.4) is 0 Å². The van der Waals surface area contributed by atoms with Crippen LogP contribution in [-0.2, 0) is 0 Å². The van der Waals surface area contributed by atoms with E-state index in [9.17, 15) is 5.11 Å². The highest BCUT2D eigenvalue weighted by Gasteiger charge is 2.04. The lowest BCUT2D eigenvalue weighted by Gasteiger charge is -2.04. The third kappa shape index (κ3) is 1.17. The summed E-state index contributed by atoms with van der Waals surface area (Å²) < 4.78 is 0. The van der Waals surface area contributed by atoms with Gasteiger partial charge in [0.1, 0.15) is 5.75 Å². The Kier molecular flexibility index (Phi) is 1.65. The van der Waals surface area contributed by atoms with Gasteiger partial charge >= 0.3 is 0 Å². The fraction of sp³-hybridized carbons (Fsp3) is 0. The first-order valence-corrected chi connectivity index (χ1v) is 4.88. The van der Waals surface area contributed by atoms with E-state index in [2.05, 4.69) is 6.07 Å². The number of rotatable bonds is 0. The minimum atomic E-state index is 0.347. The van der Waals surface area contributed by atoms with Crippen LogP contribution in [0.1, 0.15) is 0 Å². The summed E-state index contributed by atoms with van der Waals surface area (Å²) in [5, 5.41) is 13.7. The van der Waals surface area contributed by atoms with Crippen molar-refractivity contribution in [2.24, 2.45) is 0 Å². The van der Waals surface area contributed by atoms with Crippen LogP contribution in [0.15, 0.2) is 48.5 Å². The number of fused-ring (bicyclic) bond motifs is 2. The van der Waals surface area contributed by atoms with Crippen molar-refractivity contribution in [1.29, 1.82) is 0 Å². The van der Waals surface area contributed by atoms with E-state index in [1.54, 1.807) is 0 Å². The number of phenolic OH excluding ortho intramolecular Hbond substituents is 1. The number of aromatic hydroxyl groups is 1. The molecule has 3 rings (SSSR count). The van der Waals surface area contributed by atoms with E-state index in [4.69, 9.17) is 0 Å². The van der Waals surface area contributed by atoms with Crippen molar-refractivity contribution in [3.63, 3.8) is 0 Å². The highest BCUT2D eigenvalue weighted by atomic mass is 16.3. The van der Waals surface area contributed by atoms with Gasteiger partial charge in [0.25, 0.3) is 0 Å². The average molecular weight is 193 g/mol. The van der Waals surface area contributed by atoms with E-state index in [1.807, 2.05) is 48.5 Å². The number of phenols is 1. The predicted molar refractivity (Wildman–Crippen MR) is 62.0 cm³/mol. The van der Waals surface area contributed by atoms with Crippen LogP contribution in [0.2, 0.25) is 0 Å². The Bertz CT molecular complexity index is 587. The van der Waals surface area contributed by atoms with Gasteiger partial charge in [-0.1, -0.05) is 48.5 Å². The van der Waals surface area contributed by atoms with Crippen molar-refractivity contribution in [2.45, 2.75) is 0 Å². The Morgan fingerprint density at radius 2 is 1.20 bits per heavy atom. The van der Waals surface area contributed by atoms with Crippen molar-refractivity contribution in [3.8, 4) is 5.75 Å². The molecule has 3 aromatic carbocycles. The monoisotopic (exact) mass is 193 g/mol. The summed E-state index contributed by atoms with van der Waals surface area (Å²) in [5.41, 5.74) is 0. The van der Waals surface area contributed by atoms with E-state index >= 15 is 0 Å². The van der Waals surface area contributed by atoms with Crippen LogP contribution >= 0.6 is 0 Å². The second-order valence-corrected chi connectivity index (χ2v) is 3.56. The molecule has 0 bridgehead atoms. The van der Waals surface area contributed by atoms with E-state index in [0.29, 0.717) is 5.75 Å². The molecule has 15 heavy (non-hydrogen) atoms. The van der Waals surface area contributed by atoms with E-state index in [-0.39, 0.29) is 0 Å². The molecule has 0 aliphatic carbocycles. The molecule has 71 valence electrons. The zero-order valence-corrected chi connectivity index (χ0v) is 8.07. The molecule has 0 spiro atoms. The van der Waals surface area contributed by atoms with Crippen LogP contribution in [0.4, 0.5) is 0 Å². The van der Waals surface area contributed by atoms with Gasteiger partial charge in [-0.2, -0.15) is 0 Å². The zero-order chi connectivity index (χ0) is 10.3. The Labute approximate surface area is 87.6 Å². The molecular weight excluding hydrogens is 184 g/mol. The molecule has 0 unspecified atom stereocenters. The lowest BCUT2D eigenvalue weighted by atomic mass is 10.0. The summed E-state index contributed by atoms with van der Waals surface area (Å²) >= 11 is 0. The fourth-order valence-electron chi connectivity index (χ4n) is 1.89. The first-order valence-electron chi connectivity index (χ1n) is 4.88. The van der Waals surface area contributed by atoms with Gasteiger partial charge < -0.3 is 5.11 Å². The quantitative estimate of drug-likeness (QED) is 0.542. The fourth-order valence-corrected chi connectivity index (χ4v) is 1.89. The summed E-state index contributed by atoms with van der Waals surface area (Å²) in [6, 6.07) is 18.8. The van der Waals surface area contributed by atoms with Crippen molar-refractivity contribution in [1.82, 2.24) is 0 Å². The molecule has 1 N–H and O–H groups in total. The molecule has 3 aromatic rings. The molecule has 0 aromatic heterocycles. The number of hydrogen-bond donors (Lipinski definition) is 1. The summed E-state index contributed by atoms with van der Waals surface area (Å²) in [4.78, 5) is 0. The summed E-state index contributed by atoms with van der Waals surface area (Å²) in [7, 11) is 0. The molecule has 1 nitrogen and oxygen atoms in total. The molecule has 0 heterocycles. The molecule has 0 atom stereocenters. The Hall–Kier alpha value is -2.02. The number of hydrogen-bond acceptors (Lipinski definition) is 1. The van der Waals surface area contributed by atoms with Gasteiger partial charge in [0.15, 0.2) is 0 Å². The van der Waals surface area contributed by atoms with Gasteiger partial charge in [-0.3, -0.25) is 0 Å². The lowest BCUT2D eigenvalue weighted by molar-refractivity contribution is 0.488. The second kappa shape index (κ2) is 2.99. The Morgan fingerprint density at radius 1 is 0.733 bits per heavy atom. The molecule has 0 amide bonds. The summed E-state index contributed by atoms with van der Waals surface area (Å²) in [5.74, 6) is 0.347. The molecule has 0 aliphatic heterocycles. The molecule has 0 aliphatic rings. The largest absolute Gasteiger partial charge is 0.507 e. The maximum atomic E-state index is 10.1. The maximum Gasteiger partial charge on any atom is 0.131 e. The first-order chi connectivity index (χ1) is 7.36. The number of benzene rings is 3. The van der Waals surface area contributed by atoms with Gasteiger partial charge in [0.2, 0.25) is 0 Å². The van der Waals surface area contributed by atoms with E-state index in [1.165, 1.54) is 0 Å². The van der Waals surface area contributed by atoms with Gasteiger partial charge in [-0.15, -0.1) is 0 Å². The standard InChI is InChI=1S/C14H9O/c15-14-12-7-3-1-5-10(12)9-11-6-2-4-8-13(11)14/h1-8,15H. The summed E-state index contributed by atoms with van der Waals surface area (Å²) in [6.45, 7) is 0. The van der Waals surface area contributed by atoms with Crippen LogP contribution in [0.25, 0.3) is 21.5 Å². The smallest absolute Gasteiger partial charge is 0.131 e. The molecule has 1 radical (unpaired) electrons. The van der Waals surface area contributed by atoms with Gasteiger partial charge in [-0.25, -0.2) is 0 Å². The van der Waals surface area contributed by atoms with Crippen LogP contribution < -0.4 is 0 Å². The first kappa shape index (κ1) is 8.30. The van der Waals surface area contributed by atoms with Crippen molar-refractivity contribution in [2.75, 3.05) is 0 Å². The highest BCUT2D eigenvalue weighted by Crippen LogP contribution is 2.32. The van der Waals surface area contributed by atoms with Crippen LogP contribution in [0, 0.1) is 6.07 Å². The summed E-state index contributed by atoms with van der Waals surface area (Å²) in [6.07, 6.45) is 0. The third-order valence-corrected chi connectivity index (χ3v) is 2.63. The third-order valence-electron chi connectivity index (χ3n) is 2.63. The van der Waals surface area contributed by atoms with Gasteiger partial charge in [0, 0.05) is 10.8 Å². The highest BCUT2D eigenvalue weighted by molar-refractivity contribution is 6.04. The normalized spacial score (nSPS) is 10.9.